The van der Waals surface area contributed by atoms with E-state index in [4.69, 9.17) is 0 Å². The van der Waals surface area contributed by atoms with Gasteiger partial charge < -0.3 is 11.0 Å². The summed E-state index contributed by atoms with van der Waals surface area (Å²) >= 11 is 0. The third-order valence-electron chi connectivity index (χ3n) is 0. The van der Waals surface area contributed by atoms with Crippen molar-refractivity contribution < 1.29 is 61.3 Å². The topological polar surface area (TPSA) is 57.0 Å². The maximum absolute atomic E-state index is 0. The second-order valence-electron chi connectivity index (χ2n) is 0. The van der Waals surface area contributed by atoms with Crippen LogP contribution in [0.25, 0.3) is 0 Å². The number of hydrogen-bond donors (Lipinski definition) is 0. The minimum Gasteiger partial charge on any atom is -2.00 e. The van der Waals surface area contributed by atoms with Gasteiger partial charge in [0.2, 0.25) is 0 Å². The van der Waals surface area contributed by atoms with Crippen molar-refractivity contribution >= 4 is 18.9 Å². The Kier molecular flexibility index (Phi) is 988. The average molecular weight is 213 g/mol. The summed E-state index contributed by atoms with van der Waals surface area (Å²) in [6.45, 7) is 0. The molecule has 0 fully saturated rings. The molecular weight excluding hydrogens is 212 g/mol. The Bertz CT molecular complexity index is 13.5. The first-order chi connectivity index (χ1) is 0. The summed E-state index contributed by atoms with van der Waals surface area (Å²) in [4.78, 5) is 0. The Morgan fingerprint density at radius 3 is 0.833 bits per heavy atom. The van der Waals surface area contributed by atoms with Gasteiger partial charge >= 0.3 is 52.7 Å². The van der Waals surface area contributed by atoms with Crippen molar-refractivity contribution in [3.05, 3.63) is 0 Å². The van der Waals surface area contributed by atoms with Crippen LogP contribution in [0.1, 0.15) is 0 Å². The van der Waals surface area contributed by atoms with Crippen LogP contribution < -0.4 is 0 Å². The largest absolute Gasteiger partial charge is 2.00 e. The van der Waals surface area contributed by atoms with Gasteiger partial charge in [0.25, 0.3) is 0 Å². The maximum atomic E-state index is 0. The molecule has 0 rings (SSSR count). The molecule has 0 aliphatic heterocycles. The third-order valence-corrected chi connectivity index (χ3v) is 0. The summed E-state index contributed by atoms with van der Waals surface area (Å²) in [7, 11) is 0. The molecule has 0 amide bonds. The van der Waals surface area contributed by atoms with Crippen molar-refractivity contribution in [2.24, 2.45) is 0 Å². The second kappa shape index (κ2) is 61.8. The molecule has 0 aromatic heterocycles. The summed E-state index contributed by atoms with van der Waals surface area (Å²) < 4.78 is 0. The van der Waals surface area contributed by atoms with Gasteiger partial charge in [-0.2, -0.15) is 0 Å². The maximum Gasteiger partial charge on any atom is 2.00 e. The molecule has 6 heteroatoms. The molecule has 0 N–H and O–H groups in total. The van der Waals surface area contributed by atoms with E-state index in [2.05, 4.69) is 0 Å². The van der Waals surface area contributed by atoms with Gasteiger partial charge in [0.15, 0.2) is 0 Å². The summed E-state index contributed by atoms with van der Waals surface area (Å²) in [6.07, 6.45) is 0. The van der Waals surface area contributed by atoms with Crippen molar-refractivity contribution in [3.8, 4) is 0 Å². The zero-order valence-electron chi connectivity index (χ0n) is 1.84. The van der Waals surface area contributed by atoms with E-state index in [9.17, 15) is 0 Å². The third kappa shape index (κ3) is 36.9. The van der Waals surface area contributed by atoms with E-state index in [1.165, 1.54) is 0 Å². The molecular formula is HCoLiMnNiO2. The molecule has 0 aliphatic carbocycles. The normalized spacial score (nSPS) is 0. The van der Waals surface area contributed by atoms with Gasteiger partial charge in [-0.05, 0) is 0 Å². The summed E-state index contributed by atoms with van der Waals surface area (Å²) in [5.41, 5.74) is 0. The smallest absolute Gasteiger partial charge is 2.00 e. The standard InChI is InChI=1S/Co.Li.Mn.Ni.2O.H/q+2;;+2;;2*-2;. The SMILES string of the molecule is [Co+2].[LiH].[Mn+2].[Ni].[O-2].[O-2]. The van der Waals surface area contributed by atoms with Crippen LogP contribution in [-0.2, 0) is 61.3 Å². The second-order valence-corrected chi connectivity index (χ2v) is 0. The first kappa shape index (κ1) is 95.9. The van der Waals surface area contributed by atoms with Crippen molar-refractivity contribution in [1.82, 2.24) is 0 Å². The Morgan fingerprint density at radius 1 is 0.833 bits per heavy atom. The predicted molar refractivity (Wildman–Crippen MR) is 8.52 cm³/mol. The zero-order valence-corrected chi connectivity index (χ0v) is 5.05. The van der Waals surface area contributed by atoms with Crippen LogP contribution in [-0.4, -0.2) is 18.9 Å². The monoisotopic (exact) mass is 212 g/mol. The van der Waals surface area contributed by atoms with E-state index in [1.54, 1.807) is 0 Å². The Hall–Kier alpha value is 2.04. The van der Waals surface area contributed by atoms with E-state index in [0.29, 0.717) is 0 Å². The molecule has 0 spiro atoms. The molecule has 2 nitrogen and oxygen atoms in total. The fourth-order valence-electron chi connectivity index (χ4n) is 0. The van der Waals surface area contributed by atoms with Crippen LogP contribution >= 0.6 is 0 Å². The molecule has 0 saturated heterocycles. The van der Waals surface area contributed by atoms with Crippen molar-refractivity contribution in [2.45, 2.75) is 0 Å². The molecule has 0 aliphatic rings. The van der Waals surface area contributed by atoms with Crippen LogP contribution in [0.15, 0.2) is 0 Å². The van der Waals surface area contributed by atoms with Gasteiger partial charge in [-0.25, -0.2) is 0 Å². The minimum atomic E-state index is 0. The first-order valence-electron chi connectivity index (χ1n) is 0. The summed E-state index contributed by atoms with van der Waals surface area (Å²) in [5.74, 6) is 0. The molecule has 0 aromatic rings. The van der Waals surface area contributed by atoms with Crippen LogP contribution in [0.3, 0.4) is 0 Å². The quantitative estimate of drug-likeness (QED) is 0.468. The van der Waals surface area contributed by atoms with Gasteiger partial charge in [0.1, 0.15) is 0 Å². The van der Waals surface area contributed by atoms with E-state index >= 15 is 0 Å². The van der Waals surface area contributed by atoms with Gasteiger partial charge in [-0.1, -0.05) is 0 Å². The van der Waals surface area contributed by atoms with Crippen molar-refractivity contribution in [1.29, 1.82) is 0 Å². The van der Waals surface area contributed by atoms with Crippen molar-refractivity contribution in [3.63, 3.8) is 0 Å². The average Bonchev–Trinajstić information content (AvgIpc) is 0. The van der Waals surface area contributed by atoms with E-state index < -0.39 is 0 Å². The Morgan fingerprint density at radius 2 is 0.833 bits per heavy atom. The zero-order chi connectivity index (χ0) is 0. The minimum absolute atomic E-state index is 0. The van der Waals surface area contributed by atoms with Crippen LogP contribution in [0.4, 0.5) is 0 Å². The molecule has 0 unspecified atom stereocenters. The van der Waals surface area contributed by atoms with Gasteiger partial charge in [-0.15, -0.1) is 0 Å². The molecule has 0 saturated carbocycles. The number of hydrogen-bond acceptors (Lipinski definition) is 0. The Labute approximate surface area is 79.6 Å². The van der Waals surface area contributed by atoms with E-state index in [-0.39, 0.29) is 80.2 Å². The molecule has 0 heterocycles. The fraction of sp³-hybridized carbons (Fsp3) is 0. The summed E-state index contributed by atoms with van der Waals surface area (Å²) in [6, 6.07) is 0. The molecule has 2 radical (unpaired) electrons. The first-order valence-corrected chi connectivity index (χ1v) is 0. The van der Waals surface area contributed by atoms with Crippen LogP contribution in [0.2, 0.25) is 0 Å². The van der Waals surface area contributed by atoms with Gasteiger partial charge in [-0.3, -0.25) is 0 Å². The molecule has 0 aromatic carbocycles. The van der Waals surface area contributed by atoms with Crippen LogP contribution in [0, 0.1) is 0 Å². The van der Waals surface area contributed by atoms with E-state index in [1.807, 2.05) is 0 Å². The van der Waals surface area contributed by atoms with E-state index in [0.717, 1.165) is 0 Å². The van der Waals surface area contributed by atoms with Crippen molar-refractivity contribution in [2.75, 3.05) is 0 Å². The molecule has 0 bridgehead atoms. The fourth-order valence-corrected chi connectivity index (χ4v) is 0. The van der Waals surface area contributed by atoms with Crippen LogP contribution in [0.5, 0.6) is 0 Å². The Balaban J connectivity index is 0. The molecule has 40 valence electrons. The molecule has 0 atom stereocenters. The summed E-state index contributed by atoms with van der Waals surface area (Å²) in [5, 5.41) is 0. The molecule has 6 heavy (non-hydrogen) atoms. The van der Waals surface area contributed by atoms with Gasteiger partial charge in [0.05, 0.1) is 0 Å². The number of rotatable bonds is 0. The predicted octanol–water partition coefficient (Wildman–Crippen LogP) is -0.894. The van der Waals surface area contributed by atoms with Gasteiger partial charge in [0, 0.05) is 16.5 Å².